The average molecular weight is 252 g/mol. The van der Waals surface area contributed by atoms with E-state index in [-0.39, 0.29) is 5.69 Å². The van der Waals surface area contributed by atoms with Gasteiger partial charge in [0.05, 0.1) is 10.7 Å². The topological polar surface area (TPSA) is 35.2 Å². The number of ether oxygens (including phenoxy) is 1. The lowest BCUT2D eigenvalue weighted by atomic mass is 10.2. The number of hydrogen-bond donors (Lipinski definition) is 1. The molecule has 0 aliphatic rings. The number of para-hydroxylation sites is 1. The number of hydrogen-bond acceptors (Lipinski definition) is 2. The Labute approximate surface area is 104 Å². The Balaban J connectivity index is 2.34. The predicted molar refractivity (Wildman–Crippen MR) is 67.1 cm³/mol. The molecular weight excluding hydrogens is 241 g/mol. The van der Waals surface area contributed by atoms with E-state index in [1.807, 2.05) is 0 Å². The van der Waals surface area contributed by atoms with E-state index in [0.717, 1.165) is 0 Å². The van der Waals surface area contributed by atoms with Crippen molar-refractivity contribution in [2.75, 3.05) is 5.73 Å². The van der Waals surface area contributed by atoms with Gasteiger partial charge in [-0.1, -0.05) is 23.7 Å². The molecule has 2 N–H and O–H groups in total. The van der Waals surface area contributed by atoms with E-state index in [0.29, 0.717) is 22.1 Å². The summed E-state index contributed by atoms with van der Waals surface area (Å²) in [5.74, 6) is 0.368. The van der Waals surface area contributed by atoms with Gasteiger partial charge in [-0.25, -0.2) is 4.39 Å². The summed E-state index contributed by atoms with van der Waals surface area (Å²) in [6.07, 6.45) is 0. The Hall–Kier alpha value is -1.74. The molecule has 0 saturated carbocycles. The summed E-state index contributed by atoms with van der Waals surface area (Å²) in [7, 11) is 0. The van der Waals surface area contributed by atoms with Crippen LogP contribution in [0.15, 0.2) is 36.4 Å². The third-order valence-corrected chi connectivity index (χ3v) is 2.69. The van der Waals surface area contributed by atoms with Crippen LogP contribution in [0, 0.1) is 12.7 Å². The largest absolute Gasteiger partial charge is 0.456 e. The highest BCUT2D eigenvalue weighted by Crippen LogP contribution is 2.31. The van der Waals surface area contributed by atoms with Crippen molar-refractivity contribution in [1.82, 2.24) is 0 Å². The lowest BCUT2D eigenvalue weighted by Crippen LogP contribution is -1.95. The van der Waals surface area contributed by atoms with Gasteiger partial charge in [-0.05, 0) is 30.7 Å². The van der Waals surface area contributed by atoms with Gasteiger partial charge < -0.3 is 10.5 Å². The molecule has 0 bridgehead atoms. The molecule has 0 atom stereocenters. The molecule has 17 heavy (non-hydrogen) atoms. The molecule has 0 unspecified atom stereocenters. The van der Waals surface area contributed by atoms with Gasteiger partial charge in [0, 0.05) is 6.07 Å². The van der Waals surface area contributed by atoms with Gasteiger partial charge in [0.15, 0.2) is 0 Å². The van der Waals surface area contributed by atoms with Crippen LogP contribution in [-0.4, -0.2) is 0 Å². The van der Waals surface area contributed by atoms with Crippen molar-refractivity contribution in [2.24, 2.45) is 0 Å². The highest BCUT2D eigenvalue weighted by atomic mass is 35.5. The molecule has 0 saturated heterocycles. The van der Waals surface area contributed by atoms with Crippen molar-refractivity contribution in [3.05, 3.63) is 52.8 Å². The van der Waals surface area contributed by atoms with E-state index >= 15 is 0 Å². The fraction of sp³-hybridized carbons (Fsp3) is 0.0769. The summed E-state index contributed by atoms with van der Waals surface area (Å²) in [6.45, 7) is 1.72. The van der Waals surface area contributed by atoms with E-state index < -0.39 is 5.82 Å². The number of nitrogens with two attached hydrogens (primary N) is 1. The molecule has 2 nitrogen and oxygen atoms in total. The molecule has 0 radical (unpaired) electrons. The van der Waals surface area contributed by atoms with E-state index in [9.17, 15) is 4.39 Å². The summed E-state index contributed by atoms with van der Waals surface area (Å²) in [5, 5.41) is 0.474. The average Bonchev–Trinajstić information content (AvgIpc) is 2.29. The normalized spacial score (nSPS) is 10.3. The molecule has 0 spiro atoms. The second kappa shape index (κ2) is 4.63. The van der Waals surface area contributed by atoms with Gasteiger partial charge in [0.1, 0.15) is 17.3 Å². The Morgan fingerprint density at radius 2 is 1.94 bits per heavy atom. The Bertz CT molecular complexity index is 534. The monoisotopic (exact) mass is 251 g/mol. The minimum Gasteiger partial charge on any atom is -0.456 e. The van der Waals surface area contributed by atoms with E-state index in [1.54, 1.807) is 37.3 Å². The summed E-state index contributed by atoms with van der Waals surface area (Å²) in [4.78, 5) is 0. The van der Waals surface area contributed by atoms with Crippen LogP contribution in [0.25, 0.3) is 0 Å². The van der Waals surface area contributed by atoms with Crippen LogP contribution in [0.1, 0.15) is 5.56 Å². The molecule has 0 aliphatic carbocycles. The number of rotatable bonds is 2. The lowest BCUT2D eigenvalue weighted by Gasteiger charge is -2.09. The van der Waals surface area contributed by atoms with Crippen LogP contribution in [0.5, 0.6) is 11.5 Å². The summed E-state index contributed by atoms with van der Waals surface area (Å²) < 4.78 is 18.9. The molecule has 2 aromatic rings. The summed E-state index contributed by atoms with van der Waals surface area (Å²) in [5.41, 5.74) is 6.28. The van der Waals surface area contributed by atoms with Gasteiger partial charge >= 0.3 is 0 Å². The molecule has 2 aromatic carbocycles. The zero-order valence-electron chi connectivity index (χ0n) is 9.21. The second-order valence-corrected chi connectivity index (χ2v) is 4.08. The third kappa shape index (κ3) is 2.50. The van der Waals surface area contributed by atoms with Gasteiger partial charge in [-0.2, -0.15) is 0 Å². The fourth-order valence-electron chi connectivity index (χ4n) is 1.44. The van der Waals surface area contributed by atoms with Crippen molar-refractivity contribution in [1.29, 1.82) is 0 Å². The quantitative estimate of drug-likeness (QED) is 0.814. The predicted octanol–water partition coefficient (Wildman–Crippen LogP) is 4.16. The summed E-state index contributed by atoms with van der Waals surface area (Å²) >= 11 is 5.94. The fourth-order valence-corrected chi connectivity index (χ4v) is 1.61. The Kier molecular flexibility index (Phi) is 3.20. The minimum absolute atomic E-state index is 0.136. The molecule has 88 valence electrons. The van der Waals surface area contributed by atoms with Crippen LogP contribution in [0.3, 0.4) is 0 Å². The van der Waals surface area contributed by atoms with Crippen LogP contribution < -0.4 is 10.5 Å². The zero-order valence-corrected chi connectivity index (χ0v) is 9.96. The van der Waals surface area contributed by atoms with E-state index in [2.05, 4.69) is 0 Å². The zero-order chi connectivity index (χ0) is 12.4. The summed E-state index contributed by atoms with van der Waals surface area (Å²) in [6, 6.07) is 9.92. The first-order valence-electron chi connectivity index (χ1n) is 5.06. The maximum atomic E-state index is 13.4. The van der Waals surface area contributed by atoms with Gasteiger partial charge in [-0.15, -0.1) is 0 Å². The SMILES string of the molecule is Cc1cc(Oc2ccccc2Cl)cc(F)c1N. The van der Waals surface area contributed by atoms with Crippen LogP contribution in [0.4, 0.5) is 10.1 Å². The standard InChI is InChI=1S/C13H11ClFNO/c1-8-6-9(7-11(15)13(8)16)17-12-5-3-2-4-10(12)14/h2-7H,16H2,1H3. The van der Waals surface area contributed by atoms with E-state index in [1.165, 1.54) is 6.07 Å². The molecule has 2 rings (SSSR count). The number of aryl methyl sites for hydroxylation is 1. The van der Waals surface area contributed by atoms with Crippen molar-refractivity contribution in [3.63, 3.8) is 0 Å². The van der Waals surface area contributed by atoms with Crippen LogP contribution >= 0.6 is 11.6 Å². The van der Waals surface area contributed by atoms with Crippen molar-refractivity contribution in [3.8, 4) is 11.5 Å². The van der Waals surface area contributed by atoms with Crippen LogP contribution in [-0.2, 0) is 0 Å². The minimum atomic E-state index is -0.493. The highest BCUT2D eigenvalue weighted by Gasteiger charge is 2.07. The number of halogens is 2. The van der Waals surface area contributed by atoms with Crippen molar-refractivity contribution in [2.45, 2.75) is 6.92 Å². The Morgan fingerprint density at radius 3 is 2.59 bits per heavy atom. The van der Waals surface area contributed by atoms with Crippen LogP contribution in [0.2, 0.25) is 5.02 Å². The molecule has 0 amide bonds. The Morgan fingerprint density at radius 1 is 1.24 bits per heavy atom. The van der Waals surface area contributed by atoms with Crippen molar-refractivity contribution >= 4 is 17.3 Å². The number of anilines is 1. The van der Waals surface area contributed by atoms with Gasteiger partial charge in [0.2, 0.25) is 0 Å². The molecule has 0 aromatic heterocycles. The van der Waals surface area contributed by atoms with Gasteiger partial charge in [-0.3, -0.25) is 0 Å². The lowest BCUT2D eigenvalue weighted by molar-refractivity contribution is 0.477. The smallest absolute Gasteiger partial charge is 0.150 e. The maximum Gasteiger partial charge on any atom is 0.150 e. The third-order valence-electron chi connectivity index (χ3n) is 2.37. The molecule has 0 aliphatic heterocycles. The van der Waals surface area contributed by atoms with E-state index in [4.69, 9.17) is 22.1 Å². The molecule has 0 heterocycles. The first-order chi connectivity index (χ1) is 8.08. The first kappa shape index (κ1) is 11.7. The van der Waals surface area contributed by atoms with Crippen molar-refractivity contribution < 1.29 is 9.13 Å². The van der Waals surface area contributed by atoms with Gasteiger partial charge in [0.25, 0.3) is 0 Å². The highest BCUT2D eigenvalue weighted by molar-refractivity contribution is 6.32. The maximum absolute atomic E-state index is 13.4. The number of benzene rings is 2. The first-order valence-corrected chi connectivity index (χ1v) is 5.43. The molecule has 4 heteroatoms. The number of nitrogen functional groups attached to an aromatic ring is 1. The molecule has 0 fully saturated rings. The second-order valence-electron chi connectivity index (χ2n) is 3.67. The molecular formula is C13H11ClFNO.